The van der Waals surface area contributed by atoms with Crippen LogP contribution in [0.1, 0.15) is 32.9 Å². The summed E-state index contributed by atoms with van der Waals surface area (Å²) in [5.41, 5.74) is 2.65. The molecular weight excluding hydrogens is 278 g/mol. The van der Waals surface area contributed by atoms with Crippen molar-refractivity contribution < 1.29 is 0 Å². The van der Waals surface area contributed by atoms with Crippen LogP contribution < -0.4 is 0 Å². The van der Waals surface area contributed by atoms with Crippen molar-refractivity contribution >= 4 is 27.0 Å². The van der Waals surface area contributed by atoms with Crippen LogP contribution in [0.3, 0.4) is 0 Å². The maximum Gasteiger partial charge on any atom is 0.143 e. The molecule has 0 radical (unpaired) electrons. The van der Waals surface area contributed by atoms with Crippen LogP contribution in [0.25, 0.3) is 11.0 Å². The standard InChI is InChI=1S/C13H18BrN3/c1-13(2,3)4-5-17-11(7-14)6-10-8-15-9-16-12(10)17/h6,8-9H,4-5,7H2,1-3H3. The lowest BCUT2D eigenvalue weighted by Crippen LogP contribution is -2.12. The third-order valence-electron chi connectivity index (χ3n) is 2.87. The highest BCUT2D eigenvalue weighted by Crippen LogP contribution is 2.24. The Hall–Kier alpha value is -0.900. The molecule has 4 heteroatoms. The van der Waals surface area contributed by atoms with Gasteiger partial charge in [-0.25, -0.2) is 9.97 Å². The molecule has 0 spiro atoms. The largest absolute Gasteiger partial charge is 0.329 e. The average Bonchev–Trinajstić information content (AvgIpc) is 2.63. The number of hydrogen-bond donors (Lipinski definition) is 0. The van der Waals surface area contributed by atoms with E-state index in [1.165, 1.54) is 5.69 Å². The number of nitrogens with zero attached hydrogens (tertiary/aromatic N) is 3. The van der Waals surface area contributed by atoms with Gasteiger partial charge in [-0.1, -0.05) is 36.7 Å². The minimum absolute atomic E-state index is 0.340. The Morgan fingerprint density at radius 2 is 2.12 bits per heavy atom. The van der Waals surface area contributed by atoms with Gasteiger partial charge in [-0.05, 0) is 17.9 Å². The van der Waals surface area contributed by atoms with Crippen molar-refractivity contribution in [3.8, 4) is 0 Å². The summed E-state index contributed by atoms with van der Waals surface area (Å²) in [5.74, 6) is 0. The highest BCUT2D eigenvalue weighted by molar-refractivity contribution is 9.08. The smallest absolute Gasteiger partial charge is 0.143 e. The topological polar surface area (TPSA) is 30.7 Å². The molecule has 0 aliphatic rings. The number of alkyl halides is 1. The number of aromatic nitrogens is 3. The highest BCUT2D eigenvalue weighted by atomic mass is 79.9. The SMILES string of the molecule is CC(C)(C)CCn1c(CBr)cc2cncnc21. The molecule has 0 fully saturated rings. The second-order valence-corrected chi connectivity index (χ2v) is 6.09. The third-order valence-corrected chi connectivity index (χ3v) is 3.44. The quantitative estimate of drug-likeness (QED) is 0.807. The molecule has 0 saturated heterocycles. The van der Waals surface area contributed by atoms with Gasteiger partial charge in [0.25, 0.3) is 0 Å². The first-order chi connectivity index (χ1) is 8.01. The molecule has 0 aromatic carbocycles. The molecule has 3 nitrogen and oxygen atoms in total. The molecule has 2 aromatic rings. The van der Waals surface area contributed by atoms with Crippen LogP contribution in [0.5, 0.6) is 0 Å². The van der Waals surface area contributed by atoms with E-state index in [2.05, 4.69) is 57.3 Å². The molecule has 0 unspecified atom stereocenters. The lowest BCUT2D eigenvalue weighted by Gasteiger charge is -2.19. The fraction of sp³-hybridized carbons (Fsp3) is 0.538. The molecule has 0 bridgehead atoms. The van der Waals surface area contributed by atoms with Crippen LogP contribution in [0.2, 0.25) is 0 Å². The van der Waals surface area contributed by atoms with E-state index in [1.54, 1.807) is 6.33 Å². The molecule has 0 amide bonds. The Balaban J connectivity index is 2.37. The Bertz CT molecular complexity index is 511. The van der Waals surface area contributed by atoms with E-state index < -0.39 is 0 Å². The van der Waals surface area contributed by atoms with E-state index in [1.807, 2.05) is 6.20 Å². The lowest BCUT2D eigenvalue weighted by molar-refractivity contribution is 0.351. The molecule has 17 heavy (non-hydrogen) atoms. The molecule has 2 rings (SSSR count). The van der Waals surface area contributed by atoms with Gasteiger partial charge < -0.3 is 4.57 Å². The fourth-order valence-corrected chi connectivity index (χ4v) is 2.33. The molecule has 2 heterocycles. The van der Waals surface area contributed by atoms with Gasteiger partial charge in [0.2, 0.25) is 0 Å². The van der Waals surface area contributed by atoms with Crippen molar-refractivity contribution in [2.24, 2.45) is 5.41 Å². The number of fused-ring (bicyclic) bond motifs is 1. The Morgan fingerprint density at radius 3 is 2.76 bits per heavy atom. The minimum atomic E-state index is 0.340. The first kappa shape index (κ1) is 12.6. The van der Waals surface area contributed by atoms with Gasteiger partial charge in [-0.3, -0.25) is 0 Å². The highest BCUT2D eigenvalue weighted by Gasteiger charge is 2.14. The first-order valence-electron chi connectivity index (χ1n) is 5.85. The molecular formula is C13H18BrN3. The summed E-state index contributed by atoms with van der Waals surface area (Å²) in [6, 6.07) is 2.16. The molecule has 0 N–H and O–H groups in total. The summed E-state index contributed by atoms with van der Waals surface area (Å²) >= 11 is 3.54. The second-order valence-electron chi connectivity index (χ2n) is 5.53. The Kier molecular flexibility index (Phi) is 3.52. The van der Waals surface area contributed by atoms with Crippen molar-refractivity contribution in [3.05, 3.63) is 24.3 Å². The van der Waals surface area contributed by atoms with Gasteiger partial charge in [0, 0.05) is 29.2 Å². The van der Waals surface area contributed by atoms with E-state index in [9.17, 15) is 0 Å². The summed E-state index contributed by atoms with van der Waals surface area (Å²) in [6.07, 6.45) is 4.64. The Morgan fingerprint density at radius 1 is 1.35 bits per heavy atom. The van der Waals surface area contributed by atoms with Crippen LogP contribution in [-0.2, 0) is 11.9 Å². The van der Waals surface area contributed by atoms with Gasteiger partial charge in [0.15, 0.2) is 0 Å². The van der Waals surface area contributed by atoms with Crippen molar-refractivity contribution in [1.29, 1.82) is 0 Å². The number of rotatable bonds is 3. The monoisotopic (exact) mass is 295 g/mol. The average molecular weight is 296 g/mol. The normalized spacial score (nSPS) is 12.2. The maximum absolute atomic E-state index is 4.38. The predicted molar refractivity (Wildman–Crippen MR) is 74.2 cm³/mol. The van der Waals surface area contributed by atoms with Crippen LogP contribution in [-0.4, -0.2) is 14.5 Å². The number of halogens is 1. The van der Waals surface area contributed by atoms with Gasteiger partial charge in [0.05, 0.1) is 0 Å². The number of aryl methyl sites for hydroxylation is 1. The molecule has 0 aliphatic carbocycles. The molecule has 92 valence electrons. The summed E-state index contributed by atoms with van der Waals surface area (Å²) < 4.78 is 2.29. The molecule has 0 saturated carbocycles. The third kappa shape index (κ3) is 2.86. The van der Waals surface area contributed by atoms with Crippen molar-refractivity contribution in [2.45, 2.75) is 39.1 Å². The van der Waals surface area contributed by atoms with Crippen LogP contribution >= 0.6 is 15.9 Å². The van der Waals surface area contributed by atoms with E-state index in [4.69, 9.17) is 0 Å². The van der Waals surface area contributed by atoms with Gasteiger partial charge in [-0.2, -0.15) is 0 Å². The minimum Gasteiger partial charge on any atom is -0.329 e. The summed E-state index contributed by atoms with van der Waals surface area (Å²) in [6.45, 7) is 7.80. The van der Waals surface area contributed by atoms with Gasteiger partial charge >= 0.3 is 0 Å². The van der Waals surface area contributed by atoms with E-state index in [0.29, 0.717) is 5.41 Å². The fourth-order valence-electron chi connectivity index (χ4n) is 1.86. The van der Waals surface area contributed by atoms with Crippen molar-refractivity contribution in [2.75, 3.05) is 0 Å². The summed E-state index contributed by atoms with van der Waals surface area (Å²) in [5, 5.41) is 1.98. The van der Waals surface area contributed by atoms with Crippen LogP contribution in [0, 0.1) is 5.41 Å². The second kappa shape index (κ2) is 4.77. The maximum atomic E-state index is 4.38. The van der Waals surface area contributed by atoms with E-state index in [0.717, 1.165) is 29.3 Å². The molecule has 0 atom stereocenters. The van der Waals surface area contributed by atoms with E-state index >= 15 is 0 Å². The zero-order valence-corrected chi connectivity index (χ0v) is 12.2. The van der Waals surface area contributed by atoms with Gasteiger partial charge in [0.1, 0.15) is 12.0 Å². The van der Waals surface area contributed by atoms with E-state index in [-0.39, 0.29) is 0 Å². The zero-order chi connectivity index (χ0) is 12.5. The molecule has 0 aliphatic heterocycles. The summed E-state index contributed by atoms with van der Waals surface area (Å²) in [4.78, 5) is 8.45. The van der Waals surface area contributed by atoms with Crippen LogP contribution in [0.15, 0.2) is 18.6 Å². The Labute approximate surface area is 110 Å². The van der Waals surface area contributed by atoms with Crippen molar-refractivity contribution in [1.82, 2.24) is 14.5 Å². The van der Waals surface area contributed by atoms with Crippen LogP contribution in [0.4, 0.5) is 0 Å². The molecule has 2 aromatic heterocycles. The lowest BCUT2D eigenvalue weighted by atomic mass is 9.92. The first-order valence-corrected chi connectivity index (χ1v) is 6.97. The van der Waals surface area contributed by atoms with Gasteiger partial charge in [-0.15, -0.1) is 0 Å². The summed E-state index contributed by atoms with van der Waals surface area (Å²) in [7, 11) is 0. The predicted octanol–water partition coefficient (Wildman–Crippen LogP) is 3.76. The number of hydrogen-bond acceptors (Lipinski definition) is 2. The van der Waals surface area contributed by atoms with Crippen molar-refractivity contribution in [3.63, 3.8) is 0 Å². The zero-order valence-electron chi connectivity index (χ0n) is 10.6.